The van der Waals surface area contributed by atoms with Crippen LogP contribution in [0.25, 0.3) is 82.1 Å². The van der Waals surface area contributed by atoms with E-state index in [0.717, 1.165) is 45.1 Å². The summed E-state index contributed by atoms with van der Waals surface area (Å²) < 4.78 is 12.0. The first kappa shape index (κ1) is 56.5. The highest BCUT2D eigenvalue weighted by Crippen LogP contribution is 2.46. The average molecular weight is 1180 g/mol. The van der Waals surface area contributed by atoms with Crippen LogP contribution in [0.15, 0.2) is 273 Å². The normalized spacial score (nSPS) is 12.9. The summed E-state index contributed by atoms with van der Waals surface area (Å²) in [6, 6.07) is 100. The fourth-order valence-corrected chi connectivity index (χ4v) is 19.1. The molecule has 0 atom stereocenters. The predicted molar refractivity (Wildman–Crippen MR) is 384 cm³/mol. The van der Waals surface area contributed by atoms with Gasteiger partial charge in [0.05, 0.1) is 27.8 Å². The van der Waals surface area contributed by atoms with Crippen molar-refractivity contribution in [2.75, 3.05) is 4.90 Å². The first-order valence-electron chi connectivity index (χ1n) is 31.7. The van der Waals surface area contributed by atoms with Gasteiger partial charge in [0.25, 0.3) is 0 Å². The van der Waals surface area contributed by atoms with Gasteiger partial charge < -0.3 is 14.2 Å². The summed E-state index contributed by atoms with van der Waals surface area (Å²) in [5, 5.41) is 15.0. The molecule has 0 radical (unpaired) electrons. The molecule has 0 fully saturated rings. The van der Waals surface area contributed by atoms with Gasteiger partial charge in [0.15, 0.2) is 8.07 Å². The van der Waals surface area contributed by atoms with Gasteiger partial charge in [-0.25, -0.2) is 4.98 Å². The maximum atomic E-state index is 7.04. The van der Waals surface area contributed by atoms with E-state index in [0.29, 0.717) is 6.67 Å². The molecule has 0 saturated carbocycles. The highest BCUT2D eigenvalue weighted by molar-refractivity contribution is 7.20. The maximum absolute atomic E-state index is 7.04. The third-order valence-corrected chi connectivity index (χ3v) is 23.6. The summed E-state index contributed by atoms with van der Waals surface area (Å²) in [5.74, 6) is 2.39. The molecule has 90 heavy (non-hydrogen) atoms. The van der Waals surface area contributed by atoms with Crippen LogP contribution in [0.4, 0.5) is 11.4 Å². The topological polar surface area (TPSA) is 35.2 Å². The van der Waals surface area contributed by atoms with E-state index < -0.39 is 8.07 Å². The first-order valence-corrected chi connectivity index (χ1v) is 33.7. The zero-order valence-electron chi connectivity index (χ0n) is 52.9. The Labute approximate surface area is 529 Å². The number of anilines is 2. The number of aromatic nitrogens is 3. The molecule has 440 valence electrons. The summed E-state index contributed by atoms with van der Waals surface area (Å²) in [6.45, 7) is 21.4. The van der Waals surface area contributed by atoms with E-state index in [2.05, 4.69) is 343 Å². The van der Waals surface area contributed by atoms with Gasteiger partial charge in [0.1, 0.15) is 24.0 Å². The lowest BCUT2D eigenvalue weighted by Gasteiger charge is -2.36. The van der Waals surface area contributed by atoms with Crippen molar-refractivity contribution < 1.29 is 4.74 Å². The molecule has 14 aromatic rings. The Kier molecular flexibility index (Phi) is 13.6. The second-order valence-corrected chi connectivity index (χ2v) is 31.4. The molecule has 0 amide bonds. The van der Waals surface area contributed by atoms with Gasteiger partial charge in [-0.3, -0.25) is 4.57 Å². The van der Waals surface area contributed by atoms with E-state index in [1.807, 2.05) is 6.20 Å². The van der Waals surface area contributed by atoms with E-state index in [4.69, 9.17) is 9.72 Å². The number of nitrogens with zero attached hydrogens (tertiary/aromatic N) is 4. The van der Waals surface area contributed by atoms with Crippen molar-refractivity contribution in [3.63, 3.8) is 0 Å². The molecule has 4 heterocycles. The number of rotatable bonds is 9. The van der Waals surface area contributed by atoms with Gasteiger partial charge in [-0.05, 0) is 135 Å². The Hall–Kier alpha value is -10.0. The molecule has 11 aromatic carbocycles. The zero-order chi connectivity index (χ0) is 61.7. The lowest BCUT2D eigenvalue weighted by Crippen LogP contribution is -2.74. The fraction of sp³-hybridized carbons (Fsp3) is 0.155. The maximum Gasteiger partial charge on any atom is 0.179 e. The summed E-state index contributed by atoms with van der Waals surface area (Å²) in [6.07, 6.45) is 1.94. The lowest BCUT2D eigenvalue weighted by atomic mass is 9.84. The average Bonchev–Trinajstić information content (AvgIpc) is 1.31. The van der Waals surface area contributed by atoms with Crippen LogP contribution in [-0.2, 0) is 22.9 Å². The van der Waals surface area contributed by atoms with Crippen LogP contribution in [0.1, 0.15) is 79.0 Å². The molecule has 6 heteroatoms. The molecular formula is C84H74N4OSi. The largest absolute Gasteiger partial charge is 0.457 e. The van der Waals surface area contributed by atoms with Gasteiger partial charge >= 0.3 is 0 Å². The minimum atomic E-state index is -3.01. The van der Waals surface area contributed by atoms with Crippen molar-refractivity contribution in [2.24, 2.45) is 0 Å². The standard InChI is InChI=1S/C84H74N4OSi/c1-82(2,3)57-42-44-70-68-34-19-20-35-69(68)73-39-25-41-77-81(73)87(55-86(77)60-26-23-27-61(53-60)89-62-43-45-72-71-36-21-22-40-76(71)88(78(72)54-62)79-52-58(46-47-85-79)83(4,5)6)80-67(37-24-38-74(80)75(70)51-57)56-48-59(84(7,8)9)50-66(49-56)90(63-28-13-10-14-29-63,64-30-15-11-16-31-64)65-32-17-12-18-33-65/h10-54H,55H2,1-9H3. The second kappa shape index (κ2) is 21.6. The zero-order valence-corrected chi connectivity index (χ0v) is 53.9. The number of benzene rings is 11. The van der Waals surface area contributed by atoms with Crippen LogP contribution in [0, 0.1) is 0 Å². The molecule has 1 aliphatic rings. The van der Waals surface area contributed by atoms with Crippen LogP contribution in [0.2, 0.25) is 0 Å². The van der Waals surface area contributed by atoms with E-state index in [1.54, 1.807) is 0 Å². The minimum absolute atomic E-state index is 0.0388. The van der Waals surface area contributed by atoms with Crippen molar-refractivity contribution in [1.29, 1.82) is 0 Å². The van der Waals surface area contributed by atoms with Crippen molar-refractivity contribution in [2.45, 2.75) is 85.2 Å². The Morgan fingerprint density at radius 2 is 0.900 bits per heavy atom. The molecular weight excluding hydrogens is 1110 g/mol. The molecule has 0 N–H and O–H groups in total. The molecule has 0 unspecified atom stereocenters. The third-order valence-electron chi connectivity index (χ3n) is 18.9. The molecule has 1 aliphatic heterocycles. The number of pyridine rings is 1. The molecule has 5 nitrogen and oxygen atoms in total. The van der Waals surface area contributed by atoms with Gasteiger partial charge in [-0.15, -0.1) is 0 Å². The van der Waals surface area contributed by atoms with Gasteiger partial charge in [0.2, 0.25) is 0 Å². The first-order chi connectivity index (χ1) is 43.5. The molecule has 0 spiro atoms. The summed E-state index contributed by atoms with van der Waals surface area (Å²) in [4.78, 5) is 7.47. The van der Waals surface area contributed by atoms with Gasteiger partial charge in [-0.1, -0.05) is 263 Å². The molecule has 0 saturated heterocycles. The van der Waals surface area contributed by atoms with E-state index in [1.165, 1.54) is 97.3 Å². The SMILES string of the molecule is CC(C)(C)c1cc(-c2cccc3c4cc(C(C)(C)C)ccc4c4ccccc4c4cccc5c4n(c23)CN5c2cccc(Oc3ccc4c5ccccc5n(-c5cc(C(C)(C)C)ccn5)c4c3)c2)cc([Si](c2ccccc2)(c2ccccc2)c2ccccc2)c1. The van der Waals surface area contributed by atoms with Crippen molar-refractivity contribution >= 4 is 105 Å². The summed E-state index contributed by atoms with van der Waals surface area (Å²) in [5.41, 5.74) is 12.5. The lowest BCUT2D eigenvalue weighted by molar-refractivity contribution is 0.483. The van der Waals surface area contributed by atoms with E-state index in [-0.39, 0.29) is 16.2 Å². The molecule has 3 aromatic heterocycles. The van der Waals surface area contributed by atoms with Crippen molar-refractivity contribution in [3.8, 4) is 28.4 Å². The number of para-hydroxylation sites is 3. The monoisotopic (exact) mass is 1180 g/mol. The Bertz CT molecular complexity index is 5100. The van der Waals surface area contributed by atoms with E-state index in [9.17, 15) is 0 Å². The van der Waals surface area contributed by atoms with Crippen LogP contribution >= 0.6 is 0 Å². The van der Waals surface area contributed by atoms with Crippen LogP contribution in [0.5, 0.6) is 11.5 Å². The molecule has 15 rings (SSSR count). The summed E-state index contributed by atoms with van der Waals surface area (Å²) in [7, 11) is -3.01. The van der Waals surface area contributed by atoms with E-state index >= 15 is 0 Å². The van der Waals surface area contributed by atoms with Gasteiger partial charge in [0, 0.05) is 51.1 Å². The fourth-order valence-electron chi connectivity index (χ4n) is 14.3. The Balaban J connectivity index is 0.977. The predicted octanol–water partition coefficient (Wildman–Crippen LogP) is 19.6. The molecule has 0 bridgehead atoms. The van der Waals surface area contributed by atoms with Gasteiger partial charge in [-0.2, -0.15) is 0 Å². The van der Waals surface area contributed by atoms with Crippen molar-refractivity contribution in [3.05, 3.63) is 290 Å². The van der Waals surface area contributed by atoms with Crippen molar-refractivity contribution in [1.82, 2.24) is 14.1 Å². The number of hydrogen-bond acceptors (Lipinski definition) is 3. The molecule has 0 aliphatic carbocycles. The van der Waals surface area contributed by atoms with Crippen LogP contribution < -0.4 is 30.4 Å². The van der Waals surface area contributed by atoms with Crippen LogP contribution in [0.3, 0.4) is 0 Å². The highest BCUT2D eigenvalue weighted by atomic mass is 28.3. The Morgan fingerprint density at radius 3 is 1.57 bits per heavy atom. The smallest absolute Gasteiger partial charge is 0.179 e. The number of hydrogen-bond donors (Lipinski definition) is 0. The number of fused-ring (bicyclic) bond motifs is 10. The highest BCUT2D eigenvalue weighted by Gasteiger charge is 2.42. The quantitative estimate of drug-likeness (QED) is 0.107. The Morgan fingerprint density at radius 1 is 0.367 bits per heavy atom. The van der Waals surface area contributed by atoms with Crippen LogP contribution in [-0.4, -0.2) is 22.2 Å². The second-order valence-electron chi connectivity index (χ2n) is 27.6. The minimum Gasteiger partial charge on any atom is -0.457 e. The summed E-state index contributed by atoms with van der Waals surface area (Å²) >= 11 is 0. The number of ether oxygens (including phenoxy) is 1. The third kappa shape index (κ3) is 9.55.